The van der Waals surface area contributed by atoms with E-state index >= 15 is 0 Å². The Morgan fingerprint density at radius 2 is 2.21 bits per heavy atom. The molecule has 0 aliphatic heterocycles. The van der Waals surface area contributed by atoms with Crippen molar-refractivity contribution in [1.82, 2.24) is 0 Å². The zero-order valence-electron chi connectivity index (χ0n) is 7.85. The summed E-state index contributed by atoms with van der Waals surface area (Å²) < 4.78 is 4.56. The van der Waals surface area contributed by atoms with Crippen LogP contribution in [0.25, 0.3) is 0 Å². The molecule has 0 aliphatic rings. The molecule has 14 heavy (non-hydrogen) atoms. The van der Waals surface area contributed by atoms with Crippen molar-refractivity contribution in [2.45, 2.75) is 0 Å². The fourth-order valence-electron chi connectivity index (χ4n) is 0.748. The second kappa shape index (κ2) is 7.69. The van der Waals surface area contributed by atoms with E-state index in [2.05, 4.69) is 4.33 Å². The van der Waals surface area contributed by atoms with Gasteiger partial charge in [0.15, 0.2) is 5.75 Å². The van der Waals surface area contributed by atoms with Gasteiger partial charge in [-0.1, -0.05) is 12.1 Å². The number of hydrogen-bond acceptors (Lipinski definition) is 5. The molecule has 0 N–H and O–H groups in total. The standard InChI is InChI=1S/C8H8O4S.K/c1-13-12-11-7-4-2-3-6(5-7)8(9)10;/h2-5H,1H3,(H,9,10);/q;+1/p-1. The number of carbonyl (C=O) groups is 1. The Kier molecular flexibility index (Phi) is 7.93. The first-order valence-electron chi connectivity index (χ1n) is 3.43. The van der Waals surface area contributed by atoms with Gasteiger partial charge in [0.2, 0.25) is 0 Å². The molecular formula is C8H7KO4S. The molecule has 4 nitrogen and oxygen atoms in total. The number of hydrogen-bond donors (Lipinski definition) is 0. The average Bonchev–Trinajstić information content (AvgIpc) is 2.15. The number of rotatable bonds is 4. The zero-order valence-corrected chi connectivity index (χ0v) is 11.8. The molecular weight excluding hydrogens is 231 g/mol. The van der Waals surface area contributed by atoms with E-state index in [0.29, 0.717) is 5.75 Å². The number of carbonyl (C=O) groups excluding carboxylic acids is 1. The molecule has 0 bridgehead atoms. The Morgan fingerprint density at radius 1 is 1.50 bits per heavy atom. The molecule has 1 rings (SSSR count). The van der Waals surface area contributed by atoms with Crippen molar-refractivity contribution in [3.05, 3.63) is 29.8 Å². The largest absolute Gasteiger partial charge is 1.00 e. The van der Waals surface area contributed by atoms with Crippen molar-refractivity contribution in [3.8, 4) is 5.75 Å². The van der Waals surface area contributed by atoms with Crippen LogP contribution in [0.3, 0.4) is 0 Å². The molecule has 6 heteroatoms. The monoisotopic (exact) mass is 238 g/mol. The van der Waals surface area contributed by atoms with Gasteiger partial charge in [-0.05, 0) is 12.1 Å². The predicted octanol–water partition coefficient (Wildman–Crippen LogP) is -2.36. The van der Waals surface area contributed by atoms with Crippen LogP contribution in [0.4, 0.5) is 0 Å². The minimum Gasteiger partial charge on any atom is -0.545 e. The Hall–Kier alpha value is 0.436. The van der Waals surface area contributed by atoms with Crippen LogP contribution in [0.15, 0.2) is 24.3 Å². The van der Waals surface area contributed by atoms with Crippen LogP contribution >= 0.6 is 12.0 Å². The molecule has 0 amide bonds. The first-order valence-corrected chi connectivity index (χ1v) is 4.58. The summed E-state index contributed by atoms with van der Waals surface area (Å²) in [5, 5.41) is 10.4. The number of benzene rings is 1. The van der Waals surface area contributed by atoms with E-state index in [4.69, 9.17) is 4.89 Å². The van der Waals surface area contributed by atoms with Gasteiger partial charge in [-0.25, -0.2) is 0 Å². The summed E-state index contributed by atoms with van der Waals surface area (Å²) in [5.41, 5.74) is 0.0576. The van der Waals surface area contributed by atoms with Crippen LogP contribution in [-0.4, -0.2) is 12.2 Å². The molecule has 0 heterocycles. The van der Waals surface area contributed by atoms with Crippen molar-refractivity contribution in [3.63, 3.8) is 0 Å². The van der Waals surface area contributed by atoms with Crippen LogP contribution < -0.4 is 61.4 Å². The van der Waals surface area contributed by atoms with Gasteiger partial charge in [0.25, 0.3) is 0 Å². The summed E-state index contributed by atoms with van der Waals surface area (Å²) in [7, 11) is 0. The third-order valence-electron chi connectivity index (χ3n) is 1.27. The summed E-state index contributed by atoms with van der Waals surface area (Å²) in [6.45, 7) is 0. The van der Waals surface area contributed by atoms with E-state index in [0.717, 1.165) is 12.0 Å². The molecule has 0 saturated carbocycles. The van der Waals surface area contributed by atoms with E-state index in [9.17, 15) is 9.90 Å². The molecule has 0 spiro atoms. The van der Waals surface area contributed by atoms with E-state index < -0.39 is 5.97 Å². The summed E-state index contributed by atoms with van der Waals surface area (Å²) in [5.74, 6) is -0.911. The Bertz CT molecular complexity index is 305. The number of carboxylic acids is 1. The molecule has 0 aromatic heterocycles. The van der Waals surface area contributed by atoms with Crippen LogP contribution in [0, 0.1) is 0 Å². The number of carboxylic acid groups (broad SMARTS) is 1. The quantitative estimate of drug-likeness (QED) is 0.254. The summed E-state index contributed by atoms with van der Waals surface area (Å²) >= 11 is 1.03. The fraction of sp³-hybridized carbons (Fsp3) is 0.125. The van der Waals surface area contributed by atoms with Crippen LogP contribution in [0.5, 0.6) is 5.75 Å². The van der Waals surface area contributed by atoms with E-state index in [1.165, 1.54) is 12.1 Å². The van der Waals surface area contributed by atoms with E-state index in [1.807, 2.05) is 0 Å². The molecule has 0 unspecified atom stereocenters. The number of aromatic carboxylic acids is 1. The van der Waals surface area contributed by atoms with Crippen molar-refractivity contribution in [1.29, 1.82) is 0 Å². The van der Waals surface area contributed by atoms with Gasteiger partial charge in [0.1, 0.15) is 0 Å². The van der Waals surface area contributed by atoms with Gasteiger partial charge in [-0.2, -0.15) is 0 Å². The second-order valence-corrected chi connectivity index (χ2v) is 2.60. The molecule has 1 aromatic rings. The maximum atomic E-state index is 10.4. The molecule has 70 valence electrons. The zero-order chi connectivity index (χ0) is 9.68. The van der Waals surface area contributed by atoms with Crippen LogP contribution in [0.2, 0.25) is 0 Å². The molecule has 0 fully saturated rings. The molecule has 0 saturated heterocycles. The van der Waals surface area contributed by atoms with Crippen LogP contribution in [0.1, 0.15) is 10.4 Å². The molecule has 1 aromatic carbocycles. The summed E-state index contributed by atoms with van der Waals surface area (Å²) in [4.78, 5) is 15.1. The minimum absolute atomic E-state index is 0. The van der Waals surface area contributed by atoms with Crippen molar-refractivity contribution < 1.29 is 70.5 Å². The average molecular weight is 238 g/mol. The van der Waals surface area contributed by atoms with Gasteiger partial charge in [0, 0.05) is 23.9 Å². The van der Waals surface area contributed by atoms with Crippen molar-refractivity contribution in [2.24, 2.45) is 0 Å². The van der Waals surface area contributed by atoms with Gasteiger partial charge < -0.3 is 14.8 Å². The summed E-state index contributed by atoms with van der Waals surface area (Å²) in [6.07, 6.45) is 1.68. The van der Waals surface area contributed by atoms with Gasteiger partial charge in [-0.3, -0.25) is 0 Å². The fourth-order valence-corrected chi connectivity index (χ4v) is 0.895. The Labute approximate surface area is 129 Å². The van der Waals surface area contributed by atoms with Crippen LogP contribution in [-0.2, 0) is 4.33 Å². The molecule has 0 aliphatic carbocycles. The molecule has 0 atom stereocenters. The first kappa shape index (κ1) is 14.4. The van der Waals surface area contributed by atoms with Gasteiger partial charge in [-0.15, -0.1) is 4.33 Å². The Balaban J connectivity index is 0.00000169. The smallest absolute Gasteiger partial charge is 0.545 e. The normalized spacial score (nSPS) is 8.93. The van der Waals surface area contributed by atoms with Crippen molar-refractivity contribution in [2.75, 3.05) is 6.26 Å². The SMILES string of the molecule is CSOOc1cccc(C(=O)[O-])c1.[K+]. The van der Waals surface area contributed by atoms with E-state index in [1.54, 1.807) is 18.4 Å². The third kappa shape index (κ3) is 4.79. The minimum atomic E-state index is -1.24. The second-order valence-electron chi connectivity index (χ2n) is 2.13. The first-order chi connectivity index (χ1) is 6.24. The van der Waals surface area contributed by atoms with E-state index in [-0.39, 0.29) is 56.9 Å². The molecule has 0 radical (unpaired) electrons. The third-order valence-corrected chi connectivity index (χ3v) is 1.47. The maximum absolute atomic E-state index is 10.4. The predicted molar refractivity (Wildman–Crippen MR) is 46.0 cm³/mol. The Morgan fingerprint density at radius 3 is 2.79 bits per heavy atom. The maximum Gasteiger partial charge on any atom is 1.00 e. The van der Waals surface area contributed by atoms with Crippen molar-refractivity contribution >= 4 is 18.0 Å². The van der Waals surface area contributed by atoms with Gasteiger partial charge in [0.05, 0.1) is 5.97 Å². The topological polar surface area (TPSA) is 58.6 Å². The summed E-state index contributed by atoms with van der Waals surface area (Å²) in [6, 6.07) is 5.87. The van der Waals surface area contributed by atoms with Gasteiger partial charge >= 0.3 is 51.4 Å².